The molecule has 0 aliphatic heterocycles. The second-order valence-corrected chi connectivity index (χ2v) is 10.7. The van der Waals surface area contributed by atoms with Crippen LogP contribution in [0.1, 0.15) is 84.5 Å². The third-order valence-electron chi connectivity index (χ3n) is 5.96. The second-order valence-electron chi connectivity index (χ2n) is 8.86. The van der Waals surface area contributed by atoms with Crippen LogP contribution in [0.2, 0.25) is 0 Å². The molecule has 1 rings (SSSR count). The second kappa shape index (κ2) is 15.6. The molecule has 1 aliphatic carbocycles. The van der Waals surface area contributed by atoms with Crippen molar-refractivity contribution in [2.75, 3.05) is 5.75 Å². The first kappa shape index (κ1) is 28.8. The third kappa shape index (κ3) is 11.6. The van der Waals surface area contributed by atoms with Crippen molar-refractivity contribution >= 4 is 15.9 Å². The van der Waals surface area contributed by atoms with E-state index in [2.05, 4.69) is 11.6 Å². The van der Waals surface area contributed by atoms with Crippen LogP contribution < -0.4 is 4.72 Å². The first-order chi connectivity index (χ1) is 15.2. The number of carbonyl (C=O) groups excluding carboxylic acids is 1. The Morgan fingerprint density at radius 3 is 2.47 bits per heavy atom. The van der Waals surface area contributed by atoms with E-state index in [0.29, 0.717) is 38.5 Å². The van der Waals surface area contributed by atoms with E-state index in [4.69, 9.17) is 0 Å². The van der Waals surface area contributed by atoms with Crippen LogP contribution in [0.25, 0.3) is 0 Å². The zero-order valence-corrected chi connectivity index (χ0v) is 20.5. The number of rotatable bonds is 16. The first-order valence-electron chi connectivity index (χ1n) is 12.1. The predicted molar refractivity (Wildman–Crippen MR) is 127 cm³/mol. The fourth-order valence-corrected chi connectivity index (χ4v) is 5.24. The predicted octanol–water partition coefficient (Wildman–Crippen LogP) is 3.20. The summed E-state index contributed by atoms with van der Waals surface area (Å²) in [6, 6.07) is 0. The van der Waals surface area contributed by atoms with E-state index in [0.717, 1.165) is 25.7 Å². The fourth-order valence-electron chi connectivity index (χ4n) is 4.02. The van der Waals surface area contributed by atoms with Crippen LogP contribution >= 0.6 is 0 Å². The molecule has 32 heavy (non-hydrogen) atoms. The number of allylic oxidation sites excluding steroid dienone is 2. The van der Waals surface area contributed by atoms with Gasteiger partial charge in [0.1, 0.15) is 0 Å². The molecule has 0 saturated heterocycles. The number of amides is 1. The van der Waals surface area contributed by atoms with Gasteiger partial charge in [-0.2, -0.15) is 0 Å². The van der Waals surface area contributed by atoms with Crippen LogP contribution in [-0.4, -0.2) is 53.7 Å². The Kier molecular flexibility index (Phi) is 14.0. The summed E-state index contributed by atoms with van der Waals surface area (Å²) in [4.78, 5) is 11.8. The van der Waals surface area contributed by atoms with Crippen molar-refractivity contribution in [3.05, 3.63) is 24.3 Å². The Balaban J connectivity index is 2.40. The molecule has 0 bridgehead atoms. The van der Waals surface area contributed by atoms with Gasteiger partial charge < -0.3 is 15.3 Å². The lowest BCUT2D eigenvalue weighted by molar-refractivity contribution is -0.119. The van der Waals surface area contributed by atoms with E-state index in [1.54, 1.807) is 6.08 Å². The molecular formula is C24H43NO6S. The topological polar surface area (TPSA) is 124 Å². The van der Waals surface area contributed by atoms with Gasteiger partial charge in [0.2, 0.25) is 15.9 Å². The molecule has 0 aromatic heterocycles. The number of carbonyl (C=O) groups is 1. The Morgan fingerprint density at radius 2 is 1.78 bits per heavy atom. The highest BCUT2D eigenvalue weighted by Crippen LogP contribution is 2.36. The lowest BCUT2D eigenvalue weighted by Gasteiger charge is -2.19. The highest BCUT2D eigenvalue weighted by molar-refractivity contribution is 7.90. The van der Waals surface area contributed by atoms with Crippen LogP contribution in [-0.2, 0) is 14.8 Å². The molecule has 0 spiro atoms. The summed E-state index contributed by atoms with van der Waals surface area (Å²) in [5, 5.41) is 30.7. The number of nitrogens with one attached hydrogen (secondary N) is 1. The minimum absolute atomic E-state index is 0.0317. The van der Waals surface area contributed by atoms with E-state index in [-0.39, 0.29) is 24.0 Å². The van der Waals surface area contributed by atoms with E-state index in [9.17, 15) is 28.5 Å². The summed E-state index contributed by atoms with van der Waals surface area (Å²) < 4.78 is 25.5. The van der Waals surface area contributed by atoms with Crippen molar-refractivity contribution in [1.82, 2.24) is 4.72 Å². The summed E-state index contributed by atoms with van der Waals surface area (Å²) in [6.07, 6.45) is 13.1. The van der Waals surface area contributed by atoms with Crippen LogP contribution in [0.5, 0.6) is 0 Å². The van der Waals surface area contributed by atoms with Crippen LogP contribution in [0.4, 0.5) is 0 Å². The lowest BCUT2D eigenvalue weighted by atomic mass is 9.89. The van der Waals surface area contributed by atoms with Gasteiger partial charge >= 0.3 is 0 Å². The molecule has 1 aliphatic rings. The van der Waals surface area contributed by atoms with Gasteiger partial charge in [-0.25, -0.2) is 8.42 Å². The highest BCUT2D eigenvalue weighted by atomic mass is 32.2. The minimum atomic E-state index is -3.53. The Morgan fingerprint density at radius 1 is 1.06 bits per heavy atom. The third-order valence-corrected chi connectivity index (χ3v) is 7.33. The average molecular weight is 474 g/mol. The quantitative estimate of drug-likeness (QED) is 0.202. The Labute approximate surface area is 194 Å². The molecule has 8 heteroatoms. The summed E-state index contributed by atoms with van der Waals surface area (Å²) in [7, 11) is -3.53. The van der Waals surface area contributed by atoms with Gasteiger partial charge in [0.15, 0.2) is 0 Å². The molecule has 4 N–H and O–H groups in total. The summed E-state index contributed by atoms with van der Waals surface area (Å²) in [5.74, 6) is -0.829. The number of unbranched alkanes of at least 4 members (excludes halogenated alkanes) is 4. The summed E-state index contributed by atoms with van der Waals surface area (Å²) in [6.45, 7) is 4.01. The normalized spacial score (nSPS) is 25.0. The van der Waals surface area contributed by atoms with Gasteiger partial charge in [-0.1, -0.05) is 63.8 Å². The van der Waals surface area contributed by atoms with Gasteiger partial charge in [0.25, 0.3) is 0 Å². The molecule has 5 atom stereocenters. The molecule has 1 fully saturated rings. The molecule has 0 aromatic carbocycles. The molecule has 1 amide bonds. The standard InChI is InChI=1S/C24H43NO6S/c1-3-5-9-12-19(26)15-16-21-20(22(27)18-23(21)28)13-10-7-8-11-14-24(29)25-32(30,31)17-6-4-2/h7,10,15-16,19-23,26-28H,3-6,8-9,11-14,17-18H2,1-2H3,(H,25,29)/t19-,20-,21-,22+,23-/m1/s1. The zero-order chi connectivity index (χ0) is 24.0. The van der Waals surface area contributed by atoms with Crippen molar-refractivity contribution in [3.63, 3.8) is 0 Å². The molecule has 186 valence electrons. The van der Waals surface area contributed by atoms with Crippen molar-refractivity contribution in [2.24, 2.45) is 11.8 Å². The SMILES string of the molecule is CCCCC[C@@H](O)C=C[C@@H]1[C@@H](CC=CCCCC(=O)NS(=O)(=O)CCCC)[C@@H](O)C[C@H]1O. The van der Waals surface area contributed by atoms with Gasteiger partial charge in [-0.05, 0) is 38.0 Å². The molecule has 0 aromatic rings. The van der Waals surface area contributed by atoms with Gasteiger partial charge in [-0.3, -0.25) is 9.52 Å². The minimum Gasteiger partial charge on any atom is -0.393 e. The smallest absolute Gasteiger partial charge is 0.234 e. The van der Waals surface area contributed by atoms with Crippen molar-refractivity contribution in [1.29, 1.82) is 0 Å². The lowest BCUT2D eigenvalue weighted by Crippen LogP contribution is -2.32. The van der Waals surface area contributed by atoms with Crippen LogP contribution in [0.3, 0.4) is 0 Å². The number of hydrogen-bond donors (Lipinski definition) is 4. The Hall–Kier alpha value is -1.22. The van der Waals surface area contributed by atoms with Crippen LogP contribution in [0.15, 0.2) is 24.3 Å². The summed E-state index contributed by atoms with van der Waals surface area (Å²) >= 11 is 0. The highest BCUT2D eigenvalue weighted by Gasteiger charge is 2.39. The van der Waals surface area contributed by atoms with E-state index < -0.39 is 34.2 Å². The monoisotopic (exact) mass is 473 g/mol. The average Bonchev–Trinajstić information content (AvgIpc) is 2.99. The molecule has 1 saturated carbocycles. The van der Waals surface area contributed by atoms with Gasteiger partial charge in [-0.15, -0.1) is 0 Å². The molecule has 7 nitrogen and oxygen atoms in total. The number of sulfonamides is 1. The largest absolute Gasteiger partial charge is 0.393 e. The molecule has 0 heterocycles. The molecule has 0 unspecified atom stereocenters. The van der Waals surface area contributed by atoms with Crippen molar-refractivity contribution in [3.8, 4) is 0 Å². The summed E-state index contributed by atoms with van der Waals surface area (Å²) in [5.41, 5.74) is 0. The van der Waals surface area contributed by atoms with Crippen molar-refractivity contribution < 1.29 is 28.5 Å². The number of hydrogen-bond acceptors (Lipinski definition) is 6. The van der Waals surface area contributed by atoms with E-state index in [1.165, 1.54) is 0 Å². The number of aliphatic hydroxyl groups is 3. The van der Waals surface area contributed by atoms with Crippen molar-refractivity contribution in [2.45, 2.75) is 103 Å². The Bertz CT molecular complexity index is 691. The van der Waals surface area contributed by atoms with E-state index >= 15 is 0 Å². The maximum atomic E-state index is 11.8. The zero-order valence-electron chi connectivity index (χ0n) is 19.7. The first-order valence-corrected chi connectivity index (χ1v) is 13.8. The fraction of sp³-hybridized carbons (Fsp3) is 0.792. The molecular weight excluding hydrogens is 430 g/mol. The molecule has 0 radical (unpaired) electrons. The van der Waals surface area contributed by atoms with Gasteiger partial charge in [0.05, 0.1) is 24.1 Å². The van der Waals surface area contributed by atoms with Crippen LogP contribution in [0, 0.1) is 11.8 Å². The number of aliphatic hydroxyl groups excluding tert-OH is 3. The van der Waals surface area contributed by atoms with E-state index in [1.807, 2.05) is 25.2 Å². The maximum Gasteiger partial charge on any atom is 0.234 e. The van der Waals surface area contributed by atoms with Gasteiger partial charge in [0, 0.05) is 18.8 Å². The maximum absolute atomic E-state index is 11.8.